The van der Waals surface area contributed by atoms with E-state index in [1.165, 1.54) is 5.56 Å². The van der Waals surface area contributed by atoms with Crippen LogP contribution in [0.1, 0.15) is 38.2 Å². The molecule has 0 aliphatic rings. The smallest absolute Gasteiger partial charge is 0.144 e. The summed E-state index contributed by atoms with van der Waals surface area (Å²) >= 11 is 0. The van der Waals surface area contributed by atoms with Gasteiger partial charge in [-0.2, -0.15) is 0 Å². The maximum atomic E-state index is 6.54. The molecular weight excluding hydrogens is 366 g/mol. The van der Waals surface area contributed by atoms with Gasteiger partial charge >= 0.3 is 0 Å². The van der Waals surface area contributed by atoms with E-state index in [0.717, 1.165) is 57.2 Å². The zero-order valence-corrected chi connectivity index (χ0v) is 17.4. The molecule has 2 nitrogen and oxygen atoms in total. The molecule has 0 aliphatic heterocycles. The Bertz CT molecular complexity index is 1310. The first-order valence-electron chi connectivity index (χ1n) is 10.8. The van der Waals surface area contributed by atoms with Gasteiger partial charge < -0.3 is 4.42 Å². The van der Waals surface area contributed by atoms with Crippen LogP contribution in [-0.4, -0.2) is 4.98 Å². The molecule has 30 heavy (non-hydrogen) atoms. The van der Waals surface area contributed by atoms with Gasteiger partial charge in [0.15, 0.2) is 0 Å². The van der Waals surface area contributed by atoms with Crippen LogP contribution in [0.25, 0.3) is 44.3 Å². The molecule has 2 heterocycles. The van der Waals surface area contributed by atoms with Gasteiger partial charge in [0.2, 0.25) is 0 Å². The summed E-state index contributed by atoms with van der Waals surface area (Å²) in [5, 5.41) is 2.28. The minimum atomic E-state index is 0.561. The van der Waals surface area contributed by atoms with Crippen LogP contribution in [0.3, 0.4) is 0 Å². The highest BCUT2D eigenvalue weighted by Crippen LogP contribution is 2.39. The Morgan fingerprint density at radius 2 is 1.40 bits per heavy atom. The number of rotatable bonds is 5. The standard InChI is InChI=1S/C28H25NO/c1-3-19(4-2)21-16-17-29-26(18-21)25-15-9-14-24-23-13-8-12-22(27(23)30-28(24)25)20-10-6-5-7-11-20/h5-19H,3-4H2,1-2H3. The van der Waals surface area contributed by atoms with Crippen LogP contribution in [0, 0.1) is 0 Å². The van der Waals surface area contributed by atoms with Gasteiger partial charge in [-0.15, -0.1) is 0 Å². The first-order valence-corrected chi connectivity index (χ1v) is 10.8. The largest absolute Gasteiger partial charge is 0.455 e. The van der Waals surface area contributed by atoms with Crippen LogP contribution in [0.15, 0.2) is 89.5 Å². The quantitative estimate of drug-likeness (QED) is 0.302. The fraction of sp³-hybridized carbons (Fsp3) is 0.179. The maximum Gasteiger partial charge on any atom is 0.144 e. The Kier molecular flexibility index (Phi) is 4.84. The third-order valence-electron chi connectivity index (χ3n) is 6.13. The average molecular weight is 392 g/mol. The van der Waals surface area contributed by atoms with Crippen molar-refractivity contribution in [3.05, 3.63) is 90.6 Å². The van der Waals surface area contributed by atoms with Crippen LogP contribution in [0.5, 0.6) is 0 Å². The Morgan fingerprint density at radius 3 is 2.10 bits per heavy atom. The summed E-state index contributed by atoms with van der Waals surface area (Å²) in [6.07, 6.45) is 4.20. The van der Waals surface area contributed by atoms with Gasteiger partial charge in [0.05, 0.1) is 5.69 Å². The minimum absolute atomic E-state index is 0.561. The maximum absolute atomic E-state index is 6.54. The summed E-state index contributed by atoms with van der Waals surface area (Å²) in [6, 6.07) is 27.6. The first kappa shape index (κ1) is 18.6. The Hall–Kier alpha value is -3.39. The lowest BCUT2D eigenvalue weighted by Gasteiger charge is -2.13. The third-order valence-corrected chi connectivity index (χ3v) is 6.13. The molecule has 3 aromatic carbocycles. The lowest BCUT2D eigenvalue weighted by Crippen LogP contribution is -1.96. The first-order chi connectivity index (χ1) is 14.8. The normalized spacial score (nSPS) is 11.6. The fourth-order valence-corrected chi connectivity index (χ4v) is 4.48. The van der Waals surface area contributed by atoms with Gasteiger partial charge in [0.25, 0.3) is 0 Å². The van der Waals surface area contributed by atoms with Crippen molar-refractivity contribution in [1.82, 2.24) is 4.98 Å². The summed E-state index contributed by atoms with van der Waals surface area (Å²) in [4.78, 5) is 4.70. The van der Waals surface area contributed by atoms with Crippen LogP contribution in [0.4, 0.5) is 0 Å². The predicted octanol–water partition coefficient (Wildman–Crippen LogP) is 8.22. The second-order valence-electron chi connectivity index (χ2n) is 7.82. The van der Waals surface area contributed by atoms with Crippen LogP contribution < -0.4 is 0 Å². The van der Waals surface area contributed by atoms with E-state index in [-0.39, 0.29) is 0 Å². The van der Waals surface area contributed by atoms with Crippen LogP contribution in [-0.2, 0) is 0 Å². The molecule has 5 rings (SSSR count). The molecule has 148 valence electrons. The summed E-state index contributed by atoms with van der Waals surface area (Å²) < 4.78 is 6.54. The third kappa shape index (κ3) is 3.09. The van der Waals surface area contributed by atoms with Crippen molar-refractivity contribution in [3.63, 3.8) is 0 Å². The number of hydrogen-bond acceptors (Lipinski definition) is 2. The lowest BCUT2D eigenvalue weighted by atomic mass is 9.93. The van der Waals surface area contributed by atoms with Gasteiger partial charge in [-0.1, -0.05) is 74.5 Å². The van der Waals surface area contributed by atoms with E-state index in [1.54, 1.807) is 0 Å². The highest BCUT2D eigenvalue weighted by Gasteiger charge is 2.17. The molecule has 0 saturated heterocycles. The Morgan fingerprint density at radius 1 is 0.733 bits per heavy atom. The monoisotopic (exact) mass is 391 g/mol. The van der Waals surface area contributed by atoms with E-state index in [9.17, 15) is 0 Å². The summed E-state index contributed by atoms with van der Waals surface area (Å²) in [6.45, 7) is 4.50. The highest BCUT2D eigenvalue weighted by molar-refractivity contribution is 6.12. The zero-order chi connectivity index (χ0) is 20.5. The SMILES string of the molecule is CCC(CC)c1ccnc(-c2cccc3c2oc2c(-c4ccccc4)cccc23)c1. The molecule has 0 amide bonds. The molecule has 0 radical (unpaired) electrons. The van der Waals surface area contributed by atoms with E-state index in [4.69, 9.17) is 9.40 Å². The molecule has 5 aromatic rings. The number of fused-ring (bicyclic) bond motifs is 3. The number of aromatic nitrogens is 1. The van der Waals surface area contributed by atoms with Crippen molar-refractivity contribution in [2.24, 2.45) is 0 Å². The van der Waals surface area contributed by atoms with E-state index in [1.807, 2.05) is 12.3 Å². The Balaban J connectivity index is 1.73. The number of para-hydroxylation sites is 2. The molecule has 0 spiro atoms. The highest BCUT2D eigenvalue weighted by atomic mass is 16.3. The second-order valence-corrected chi connectivity index (χ2v) is 7.82. The number of hydrogen-bond donors (Lipinski definition) is 0. The van der Waals surface area contributed by atoms with Crippen molar-refractivity contribution in [3.8, 4) is 22.4 Å². The number of benzene rings is 3. The number of pyridine rings is 1. The summed E-state index contributed by atoms with van der Waals surface area (Å²) in [7, 11) is 0. The van der Waals surface area contributed by atoms with Gasteiger partial charge in [0.1, 0.15) is 11.2 Å². The van der Waals surface area contributed by atoms with Crippen molar-refractivity contribution in [1.29, 1.82) is 0 Å². The van der Waals surface area contributed by atoms with Gasteiger partial charge in [0, 0.05) is 28.1 Å². The van der Waals surface area contributed by atoms with E-state index < -0.39 is 0 Å². The summed E-state index contributed by atoms with van der Waals surface area (Å²) in [5.41, 5.74) is 7.50. The van der Waals surface area contributed by atoms with E-state index in [0.29, 0.717) is 5.92 Å². The van der Waals surface area contributed by atoms with Crippen LogP contribution in [0.2, 0.25) is 0 Å². The number of furan rings is 1. The van der Waals surface area contributed by atoms with Gasteiger partial charge in [-0.05, 0) is 48.1 Å². The van der Waals surface area contributed by atoms with Crippen molar-refractivity contribution < 1.29 is 4.42 Å². The van der Waals surface area contributed by atoms with Crippen molar-refractivity contribution in [2.45, 2.75) is 32.6 Å². The van der Waals surface area contributed by atoms with Crippen molar-refractivity contribution >= 4 is 21.9 Å². The molecule has 0 aliphatic carbocycles. The molecule has 0 fully saturated rings. The number of nitrogens with zero attached hydrogens (tertiary/aromatic N) is 1. The Labute approximate surface area is 177 Å². The van der Waals surface area contributed by atoms with Crippen molar-refractivity contribution in [2.75, 3.05) is 0 Å². The molecule has 0 saturated carbocycles. The second kappa shape index (κ2) is 7.79. The molecule has 0 unspecified atom stereocenters. The molecule has 2 heteroatoms. The lowest BCUT2D eigenvalue weighted by molar-refractivity contribution is 0.641. The fourth-order valence-electron chi connectivity index (χ4n) is 4.48. The minimum Gasteiger partial charge on any atom is -0.455 e. The molecule has 0 N–H and O–H groups in total. The van der Waals surface area contributed by atoms with E-state index in [2.05, 4.69) is 86.6 Å². The molecular formula is C28H25NO. The van der Waals surface area contributed by atoms with E-state index >= 15 is 0 Å². The predicted molar refractivity (Wildman–Crippen MR) is 126 cm³/mol. The molecule has 2 aromatic heterocycles. The van der Waals surface area contributed by atoms with Gasteiger partial charge in [-0.25, -0.2) is 0 Å². The van der Waals surface area contributed by atoms with Gasteiger partial charge in [-0.3, -0.25) is 4.98 Å². The van der Waals surface area contributed by atoms with Crippen LogP contribution >= 0.6 is 0 Å². The zero-order valence-electron chi connectivity index (χ0n) is 17.4. The molecule has 0 atom stereocenters. The topological polar surface area (TPSA) is 26.0 Å². The molecule has 0 bridgehead atoms. The average Bonchev–Trinajstić information content (AvgIpc) is 3.20. The summed E-state index contributed by atoms with van der Waals surface area (Å²) in [5.74, 6) is 0.561.